The van der Waals surface area contributed by atoms with Crippen molar-refractivity contribution in [3.8, 4) is 0 Å². The predicted octanol–water partition coefficient (Wildman–Crippen LogP) is 3.12. The highest BCUT2D eigenvalue weighted by atomic mass is 35.5. The minimum absolute atomic E-state index is 0.812. The first-order chi connectivity index (χ1) is 5.24. The van der Waals surface area contributed by atoms with Crippen LogP contribution in [0.1, 0.15) is 11.1 Å². The molecule has 0 bridgehead atoms. The summed E-state index contributed by atoms with van der Waals surface area (Å²) in [7, 11) is 0. The third kappa shape index (κ3) is 2.42. The van der Waals surface area contributed by atoms with Gasteiger partial charge < -0.3 is 0 Å². The average Bonchev–Trinajstić information content (AvgIpc) is 1.98. The number of hydrogen-bond acceptors (Lipinski definition) is 1. The summed E-state index contributed by atoms with van der Waals surface area (Å²) in [5, 5.41) is 0.812. The molecule has 0 spiro atoms. The van der Waals surface area contributed by atoms with Crippen molar-refractivity contribution in [3.63, 3.8) is 0 Å². The van der Waals surface area contributed by atoms with Crippen molar-refractivity contribution in [1.82, 2.24) is 0 Å². The number of hydrogen-bond donors (Lipinski definition) is 1. The quantitative estimate of drug-likeness (QED) is 0.675. The van der Waals surface area contributed by atoms with E-state index in [4.69, 9.17) is 11.6 Å². The van der Waals surface area contributed by atoms with Crippen molar-refractivity contribution in [1.29, 1.82) is 0 Å². The van der Waals surface area contributed by atoms with Gasteiger partial charge in [0.25, 0.3) is 0 Å². The summed E-state index contributed by atoms with van der Waals surface area (Å²) in [5.41, 5.74) is 2.59. The Morgan fingerprint density at radius 2 is 2.18 bits per heavy atom. The highest BCUT2D eigenvalue weighted by Crippen LogP contribution is 2.15. The number of benzene rings is 1. The van der Waals surface area contributed by atoms with Crippen LogP contribution >= 0.6 is 24.2 Å². The van der Waals surface area contributed by atoms with Crippen molar-refractivity contribution in [2.24, 2.45) is 0 Å². The first-order valence-electron chi connectivity index (χ1n) is 3.60. The zero-order valence-corrected chi connectivity index (χ0v) is 8.12. The molecule has 0 atom stereocenters. The highest BCUT2D eigenvalue weighted by molar-refractivity contribution is 7.80. The Hall–Kier alpha value is -0.140. The molecule has 11 heavy (non-hydrogen) atoms. The SMILES string of the molecule is Cc1ccc(Cl)cc1CCS. The van der Waals surface area contributed by atoms with Gasteiger partial charge in [-0.1, -0.05) is 17.7 Å². The highest BCUT2D eigenvalue weighted by Gasteiger charge is 1.97. The van der Waals surface area contributed by atoms with Crippen LogP contribution < -0.4 is 0 Å². The van der Waals surface area contributed by atoms with E-state index in [0.29, 0.717) is 0 Å². The van der Waals surface area contributed by atoms with Crippen molar-refractivity contribution >= 4 is 24.2 Å². The van der Waals surface area contributed by atoms with Gasteiger partial charge in [-0.3, -0.25) is 0 Å². The summed E-state index contributed by atoms with van der Waals surface area (Å²) in [6, 6.07) is 5.97. The topological polar surface area (TPSA) is 0 Å². The third-order valence-electron chi connectivity index (χ3n) is 1.69. The van der Waals surface area contributed by atoms with Crippen LogP contribution in [0.2, 0.25) is 5.02 Å². The molecule has 60 valence electrons. The minimum Gasteiger partial charge on any atom is -0.179 e. The summed E-state index contributed by atoms with van der Waals surface area (Å²) < 4.78 is 0. The van der Waals surface area contributed by atoms with Crippen LogP contribution in [-0.4, -0.2) is 5.75 Å². The molecule has 0 aliphatic carbocycles. The van der Waals surface area contributed by atoms with E-state index in [2.05, 4.69) is 19.6 Å². The first-order valence-corrected chi connectivity index (χ1v) is 4.61. The van der Waals surface area contributed by atoms with Crippen molar-refractivity contribution in [3.05, 3.63) is 34.3 Å². The summed E-state index contributed by atoms with van der Waals surface area (Å²) in [5.74, 6) is 0.876. The fourth-order valence-corrected chi connectivity index (χ4v) is 1.47. The normalized spacial score (nSPS) is 10.1. The van der Waals surface area contributed by atoms with E-state index in [1.54, 1.807) is 0 Å². The van der Waals surface area contributed by atoms with E-state index in [-0.39, 0.29) is 0 Å². The molecule has 0 amide bonds. The molecule has 1 aromatic rings. The second-order valence-electron chi connectivity index (χ2n) is 2.54. The maximum atomic E-state index is 5.83. The number of thiol groups is 1. The van der Waals surface area contributed by atoms with Crippen LogP contribution in [-0.2, 0) is 6.42 Å². The molecule has 0 saturated carbocycles. The number of rotatable bonds is 2. The second-order valence-corrected chi connectivity index (χ2v) is 3.43. The number of halogens is 1. The predicted molar refractivity (Wildman–Crippen MR) is 53.7 cm³/mol. The van der Waals surface area contributed by atoms with Crippen LogP contribution in [0.15, 0.2) is 18.2 Å². The Kier molecular flexibility index (Phi) is 3.28. The van der Waals surface area contributed by atoms with Crippen molar-refractivity contribution < 1.29 is 0 Å². The molecule has 0 unspecified atom stereocenters. The van der Waals surface area contributed by atoms with Gasteiger partial charge in [0.15, 0.2) is 0 Å². The van der Waals surface area contributed by atoms with Gasteiger partial charge in [-0.05, 0) is 42.4 Å². The Morgan fingerprint density at radius 1 is 1.45 bits per heavy atom. The molecule has 0 saturated heterocycles. The maximum Gasteiger partial charge on any atom is 0.0408 e. The smallest absolute Gasteiger partial charge is 0.0408 e. The van der Waals surface area contributed by atoms with E-state index in [1.807, 2.05) is 18.2 Å². The Labute approximate surface area is 78.0 Å². The van der Waals surface area contributed by atoms with Crippen LogP contribution in [0.3, 0.4) is 0 Å². The largest absolute Gasteiger partial charge is 0.179 e. The van der Waals surface area contributed by atoms with Crippen molar-refractivity contribution in [2.45, 2.75) is 13.3 Å². The summed E-state index contributed by atoms with van der Waals surface area (Å²) in [4.78, 5) is 0. The van der Waals surface area contributed by atoms with E-state index < -0.39 is 0 Å². The first kappa shape index (κ1) is 8.95. The lowest BCUT2D eigenvalue weighted by Crippen LogP contribution is -1.89. The molecule has 0 aliphatic rings. The molecule has 2 heteroatoms. The number of aryl methyl sites for hydroxylation is 2. The standard InChI is InChI=1S/C9H11ClS/c1-7-2-3-9(10)6-8(7)4-5-11/h2-3,6,11H,4-5H2,1H3. The van der Waals surface area contributed by atoms with Crippen LogP contribution in [0, 0.1) is 6.92 Å². The van der Waals surface area contributed by atoms with Gasteiger partial charge in [0, 0.05) is 5.02 Å². The fraction of sp³-hybridized carbons (Fsp3) is 0.333. The summed E-state index contributed by atoms with van der Waals surface area (Å²) >= 11 is 10.00. The fourth-order valence-electron chi connectivity index (χ4n) is 1.03. The molecule has 0 N–H and O–H groups in total. The lowest BCUT2D eigenvalue weighted by Gasteiger charge is -2.03. The molecular formula is C9H11ClS. The lowest BCUT2D eigenvalue weighted by atomic mass is 10.1. The van der Waals surface area contributed by atoms with Gasteiger partial charge in [0.2, 0.25) is 0 Å². The van der Waals surface area contributed by atoms with E-state index in [9.17, 15) is 0 Å². The van der Waals surface area contributed by atoms with Crippen LogP contribution in [0.4, 0.5) is 0 Å². The molecule has 1 aromatic carbocycles. The zero-order chi connectivity index (χ0) is 8.27. The Morgan fingerprint density at radius 3 is 2.82 bits per heavy atom. The van der Waals surface area contributed by atoms with Gasteiger partial charge in [-0.25, -0.2) is 0 Å². The molecule has 0 aliphatic heterocycles. The average molecular weight is 187 g/mol. The van der Waals surface area contributed by atoms with Crippen LogP contribution in [0.25, 0.3) is 0 Å². The van der Waals surface area contributed by atoms with Crippen LogP contribution in [0.5, 0.6) is 0 Å². The Balaban J connectivity index is 2.93. The monoisotopic (exact) mass is 186 g/mol. The Bertz CT molecular complexity index is 245. The molecule has 1 rings (SSSR count). The second kappa shape index (κ2) is 4.03. The van der Waals surface area contributed by atoms with Crippen molar-refractivity contribution in [2.75, 3.05) is 5.75 Å². The third-order valence-corrected chi connectivity index (χ3v) is 2.15. The van der Waals surface area contributed by atoms with E-state index >= 15 is 0 Å². The minimum atomic E-state index is 0.812. The molecule has 0 heterocycles. The van der Waals surface area contributed by atoms with Gasteiger partial charge in [0.05, 0.1) is 0 Å². The molecule has 0 aromatic heterocycles. The van der Waals surface area contributed by atoms with Gasteiger partial charge >= 0.3 is 0 Å². The summed E-state index contributed by atoms with van der Waals surface area (Å²) in [6.07, 6.45) is 0.996. The molecule has 0 radical (unpaired) electrons. The zero-order valence-electron chi connectivity index (χ0n) is 6.47. The summed E-state index contributed by atoms with van der Waals surface area (Å²) in [6.45, 7) is 2.09. The maximum absolute atomic E-state index is 5.83. The van der Waals surface area contributed by atoms with E-state index in [1.165, 1.54) is 11.1 Å². The lowest BCUT2D eigenvalue weighted by molar-refractivity contribution is 1.13. The van der Waals surface area contributed by atoms with Gasteiger partial charge in [0.1, 0.15) is 0 Å². The molecular weight excluding hydrogens is 176 g/mol. The molecule has 0 nitrogen and oxygen atoms in total. The molecule has 0 fully saturated rings. The van der Waals surface area contributed by atoms with E-state index in [0.717, 1.165) is 17.2 Å². The van der Waals surface area contributed by atoms with Gasteiger partial charge in [-0.15, -0.1) is 0 Å². The van der Waals surface area contributed by atoms with Gasteiger partial charge in [-0.2, -0.15) is 12.6 Å².